The van der Waals surface area contributed by atoms with E-state index in [-0.39, 0.29) is 23.5 Å². The monoisotopic (exact) mass is 384 g/mol. The van der Waals surface area contributed by atoms with Gasteiger partial charge in [0.05, 0.1) is 12.5 Å². The van der Waals surface area contributed by atoms with Crippen LogP contribution in [0.15, 0.2) is 48.5 Å². The van der Waals surface area contributed by atoms with Crippen molar-refractivity contribution in [2.75, 3.05) is 33.4 Å². The summed E-state index contributed by atoms with van der Waals surface area (Å²) in [6, 6.07) is 13.7. The zero-order valence-electron chi connectivity index (χ0n) is 16.2. The predicted octanol–water partition coefficient (Wildman–Crippen LogP) is 2.75. The summed E-state index contributed by atoms with van der Waals surface area (Å²) in [6.45, 7) is 3.37. The fraction of sp³-hybridized carbons (Fsp3) is 0.364. The molecule has 5 nitrogen and oxygen atoms in total. The first-order valence-electron chi connectivity index (χ1n) is 9.38. The summed E-state index contributed by atoms with van der Waals surface area (Å²) in [5.74, 6) is -1.30. The lowest BCUT2D eigenvalue weighted by Gasteiger charge is -2.18. The second kappa shape index (κ2) is 8.97. The van der Waals surface area contributed by atoms with Gasteiger partial charge in [0.25, 0.3) is 5.91 Å². The van der Waals surface area contributed by atoms with E-state index in [0.29, 0.717) is 31.8 Å². The summed E-state index contributed by atoms with van der Waals surface area (Å²) in [7, 11) is 1.57. The van der Waals surface area contributed by atoms with Gasteiger partial charge in [0.1, 0.15) is 5.82 Å². The van der Waals surface area contributed by atoms with Crippen LogP contribution in [0.3, 0.4) is 0 Å². The average molecular weight is 384 g/mol. The maximum absolute atomic E-state index is 13.8. The topological polar surface area (TPSA) is 58.6 Å². The van der Waals surface area contributed by atoms with Crippen LogP contribution in [0.2, 0.25) is 0 Å². The van der Waals surface area contributed by atoms with Crippen molar-refractivity contribution in [3.05, 3.63) is 71.0 Å². The SMILES string of the molecule is COCCNC(=O)C1CN(C(=O)c2ccccc2C)CC1c1cccc(F)c1. The van der Waals surface area contributed by atoms with Gasteiger partial charge in [-0.2, -0.15) is 0 Å². The van der Waals surface area contributed by atoms with Crippen molar-refractivity contribution in [3.63, 3.8) is 0 Å². The van der Waals surface area contributed by atoms with Crippen LogP contribution >= 0.6 is 0 Å². The molecule has 2 unspecified atom stereocenters. The average Bonchev–Trinajstić information content (AvgIpc) is 3.13. The highest BCUT2D eigenvalue weighted by molar-refractivity contribution is 5.96. The lowest BCUT2D eigenvalue weighted by atomic mass is 9.88. The summed E-state index contributed by atoms with van der Waals surface area (Å²) in [5.41, 5.74) is 2.25. The minimum atomic E-state index is -0.438. The van der Waals surface area contributed by atoms with E-state index in [2.05, 4.69) is 5.32 Å². The van der Waals surface area contributed by atoms with Gasteiger partial charge in [0.15, 0.2) is 0 Å². The molecule has 0 aliphatic carbocycles. The number of nitrogens with one attached hydrogen (secondary N) is 1. The molecule has 2 aromatic rings. The minimum Gasteiger partial charge on any atom is -0.383 e. The third kappa shape index (κ3) is 4.39. The van der Waals surface area contributed by atoms with Gasteiger partial charge in [-0.1, -0.05) is 30.3 Å². The highest BCUT2D eigenvalue weighted by Crippen LogP contribution is 2.34. The molecule has 2 aromatic carbocycles. The largest absolute Gasteiger partial charge is 0.383 e. The Labute approximate surface area is 164 Å². The number of hydrogen-bond donors (Lipinski definition) is 1. The summed E-state index contributed by atoms with van der Waals surface area (Å²) in [5, 5.41) is 2.85. The van der Waals surface area contributed by atoms with Crippen LogP contribution in [0.5, 0.6) is 0 Å². The number of carbonyl (C=O) groups is 2. The molecule has 0 aromatic heterocycles. The van der Waals surface area contributed by atoms with Crippen LogP contribution in [-0.4, -0.2) is 50.1 Å². The van der Waals surface area contributed by atoms with E-state index in [1.54, 1.807) is 24.1 Å². The summed E-state index contributed by atoms with van der Waals surface area (Å²) in [4.78, 5) is 27.5. The van der Waals surface area contributed by atoms with Crippen molar-refractivity contribution < 1.29 is 18.7 Å². The zero-order valence-corrected chi connectivity index (χ0v) is 16.2. The second-order valence-corrected chi connectivity index (χ2v) is 7.08. The molecule has 6 heteroatoms. The number of halogens is 1. The van der Waals surface area contributed by atoms with Gasteiger partial charge in [-0.05, 0) is 36.2 Å². The number of likely N-dealkylation sites (tertiary alicyclic amines) is 1. The Bertz CT molecular complexity index is 855. The molecule has 1 heterocycles. The minimum absolute atomic E-state index is 0.105. The first-order valence-corrected chi connectivity index (χ1v) is 9.38. The third-order valence-corrected chi connectivity index (χ3v) is 5.20. The van der Waals surface area contributed by atoms with Gasteiger partial charge < -0.3 is 15.0 Å². The van der Waals surface area contributed by atoms with E-state index in [1.165, 1.54) is 12.1 Å². The molecule has 0 spiro atoms. The summed E-state index contributed by atoms with van der Waals surface area (Å²) >= 11 is 0. The van der Waals surface area contributed by atoms with Crippen molar-refractivity contribution >= 4 is 11.8 Å². The van der Waals surface area contributed by atoms with Crippen LogP contribution in [0.1, 0.15) is 27.4 Å². The standard InChI is InChI=1S/C22H25FN2O3/c1-15-6-3-4-9-18(15)22(27)25-13-19(16-7-5-8-17(23)12-16)20(14-25)21(26)24-10-11-28-2/h3-9,12,19-20H,10-11,13-14H2,1-2H3,(H,24,26). The fourth-order valence-corrected chi connectivity index (χ4v) is 3.70. The Balaban J connectivity index is 1.84. The smallest absolute Gasteiger partial charge is 0.254 e. The molecule has 0 bridgehead atoms. The molecule has 1 aliphatic heterocycles. The van der Waals surface area contributed by atoms with Crippen molar-refractivity contribution in [1.82, 2.24) is 10.2 Å². The Hall–Kier alpha value is -2.73. The Morgan fingerprint density at radius 3 is 2.68 bits per heavy atom. The van der Waals surface area contributed by atoms with Gasteiger partial charge in [-0.3, -0.25) is 9.59 Å². The van der Waals surface area contributed by atoms with Crippen molar-refractivity contribution in [2.45, 2.75) is 12.8 Å². The Morgan fingerprint density at radius 1 is 1.18 bits per heavy atom. The quantitative estimate of drug-likeness (QED) is 0.779. The predicted molar refractivity (Wildman–Crippen MR) is 105 cm³/mol. The van der Waals surface area contributed by atoms with Crippen LogP contribution in [0.4, 0.5) is 4.39 Å². The maximum atomic E-state index is 13.8. The maximum Gasteiger partial charge on any atom is 0.254 e. The second-order valence-electron chi connectivity index (χ2n) is 7.08. The molecular formula is C22H25FN2O3. The van der Waals surface area contributed by atoms with E-state index in [9.17, 15) is 14.0 Å². The summed E-state index contributed by atoms with van der Waals surface area (Å²) in [6.07, 6.45) is 0. The molecule has 1 fully saturated rings. The molecule has 1 aliphatic rings. The lowest BCUT2D eigenvalue weighted by molar-refractivity contribution is -0.125. The number of benzene rings is 2. The fourth-order valence-electron chi connectivity index (χ4n) is 3.70. The number of carbonyl (C=O) groups excluding carboxylic acids is 2. The number of amides is 2. The number of rotatable bonds is 6. The molecule has 1 saturated heterocycles. The van der Waals surface area contributed by atoms with E-state index >= 15 is 0 Å². The number of ether oxygens (including phenoxy) is 1. The molecule has 3 rings (SSSR count). The van der Waals surface area contributed by atoms with Crippen molar-refractivity contribution in [3.8, 4) is 0 Å². The molecular weight excluding hydrogens is 359 g/mol. The van der Waals surface area contributed by atoms with Gasteiger partial charge >= 0.3 is 0 Å². The molecule has 2 amide bonds. The van der Waals surface area contributed by atoms with Crippen molar-refractivity contribution in [2.24, 2.45) is 5.92 Å². The number of nitrogens with zero attached hydrogens (tertiary/aromatic N) is 1. The lowest BCUT2D eigenvalue weighted by Crippen LogP contribution is -2.37. The highest BCUT2D eigenvalue weighted by Gasteiger charge is 2.40. The molecule has 0 radical (unpaired) electrons. The first-order chi connectivity index (χ1) is 13.5. The van der Waals surface area contributed by atoms with E-state index < -0.39 is 5.92 Å². The molecule has 28 heavy (non-hydrogen) atoms. The molecule has 0 saturated carbocycles. The van der Waals surface area contributed by atoms with Gasteiger partial charge in [-0.25, -0.2) is 4.39 Å². The normalized spacial score (nSPS) is 18.9. The Kier molecular flexibility index (Phi) is 6.41. The van der Waals surface area contributed by atoms with E-state index in [4.69, 9.17) is 4.74 Å². The van der Waals surface area contributed by atoms with Crippen LogP contribution < -0.4 is 5.32 Å². The van der Waals surface area contributed by atoms with Gasteiger partial charge in [0, 0.05) is 38.2 Å². The summed E-state index contributed by atoms with van der Waals surface area (Å²) < 4.78 is 18.8. The molecule has 1 N–H and O–H groups in total. The zero-order chi connectivity index (χ0) is 20.1. The van der Waals surface area contributed by atoms with Crippen molar-refractivity contribution in [1.29, 1.82) is 0 Å². The highest BCUT2D eigenvalue weighted by atomic mass is 19.1. The van der Waals surface area contributed by atoms with E-state index in [0.717, 1.165) is 11.1 Å². The molecule has 148 valence electrons. The third-order valence-electron chi connectivity index (χ3n) is 5.20. The van der Waals surface area contributed by atoms with Crippen LogP contribution in [0.25, 0.3) is 0 Å². The molecule has 2 atom stereocenters. The number of hydrogen-bond acceptors (Lipinski definition) is 3. The van der Waals surface area contributed by atoms with E-state index in [1.807, 2.05) is 31.2 Å². The number of aryl methyl sites for hydroxylation is 1. The van der Waals surface area contributed by atoms with Crippen LogP contribution in [-0.2, 0) is 9.53 Å². The van der Waals surface area contributed by atoms with Gasteiger partial charge in [-0.15, -0.1) is 0 Å². The first kappa shape index (κ1) is 20.0. The van der Waals surface area contributed by atoms with Gasteiger partial charge in [0.2, 0.25) is 5.91 Å². The Morgan fingerprint density at radius 2 is 1.96 bits per heavy atom. The number of methoxy groups -OCH3 is 1. The van der Waals surface area contributed by atoms with Crippen LogP contribution in [0, 0.1) is 18.7 Å².